The molecule has 0 radical (unpaired) electrons. The fourth-order valence-electron chi connectivity index (χ4n) is 1.43. The van der Waals surface area contributed by atoms with Crippen LogP contribution < -0.4 is 5.32 Å². The van der Waals surface area contributed by atoms with Gasteiger partial charge in [0.15, 0.2) is 5.78 Å². The summed E-state index contributed by atoms with van der Waals surface area (Å²) < 4.78 is 17.9. The van der Waals surface area contributed by atoms with Crippen molar-refractivity contribution >= 4 is 5.78 Å². The Morgan fingerprint density at radius 1 is 1.09 bits per heavy atom. The largest absolute Gasteiger partial charge is 0.489 e. The maximum atomic E-state index is 12.2. The number of carbonyl (C=O) groups excluding carboxylic acids is 1. The molecule has 1 N–H and O–H groups in total. The van der Waals surface area contributed by atoms with Crippen molar-refractivity contribution in [3.8, 4) is 0 Å². The second kappa shape index (κ2) is 11.9. The summed E-state index contributed by atoms with van der Waals surface area (Å²) in [7, 11) is 0. The van der Waals surface area contributed by atoms with Crippen LogP contribution >= 0.6 is 0 Å². The molecular formula is C18H28FNO2. The fourth-order valence-corrected chi connectivity index (χ4v) is 1.43. The minimum atomic E-state index is -0.0485. The molecular weight excluding hydrogens is 281 g/mol. The van der Waals surface area contributed by atoms with Crippen LogP contribution in [0.5, 0.6) is 0 Å². The molecule has 0 rings (SSSR count). The molecule has 0 heterocycles. The van der Waals surface area contributed by atoms with E-state index in [1.165, 1.54) is 12.2 Å². The molecule has 0 aromatic rings. The Bertz CT molecular complexity index is 434. The Balaban J connectivity index is 4.62. The Morgan fingerprint density at radius 2 is 1.73 bits per heavy atom. The first-order valence-electron chi connectivity index (χ1n) is 7.62. The third-order valence-corrected chi connectivity index (χ3v) is 2.69. The average Bonchev–Trinajstić information content (AvgIpc) is 2.46. The van der Waals surface area contributed by atoms with E-state index in [4.69, 9.17) is 4.74 Å². The van der Waals surface area contributed by atoms with Gasteiger partial charge in [0, 0.05) is 18.5 Å². The predicted molar refractivity (Wildman–Crippen MR) is 90.1 cm³/mol. The molecule has 4 heteroatoms. The van der Waals surface area contributed by atoms with E-state index in [1.54, 1.807) is 24.3 Å². The van der Waals surface area contributed by atoms with Crippen molar-refractivity contribution in [2.75, 3.05) is 6.54 Å². The van der Waals surface area contributed by atoms with Gasteiger partial charge in [-0.05, 0) is 31.2 Å². The van der Waals surface area contributed by atoms with Crippen LogP contribution in [0.4, 0.5) is 4.39 Å². The summed E-state index contributed by atoms with van der Waals surface area (Å²) in [5.41, 5.74) is 0. The summed E-state index contributed by atoms with van der Waals surface area (Å²) in [4.78, 5) is 11.5. The smallest absolute Gasteiger partial charge is 0.158 e. The molecule has 3 nitrogen and oxygen atoms in total. The number of allylic oxidation sites excluding steroid dienone is 6. The highest BCUT2D eigenvalue weighted by Gasteiger charge is 2.05. The molecule has 0 aliphatic heterocycles. The second-order valence-corrected chi connectivity index (χ2v) is 5.65. The van der Waals surface area contributed by atoms with E-state index in [2.05, 4.69) is 19.2 Å². The first kappa shape index (κ1) is 20.3. The zero-order valence-electron chi connectivity index (χ0n) is 14.2. The van der Waals surface area contributed by atoms with E-state index in [0.717, 1.165) is 0 Å². The van der Waals surface area contributed by atoms with Crippen LogP contribution in [0.15, 0.2) is 48.5 Å². The van der Waals surface area contributed by atoms with E-state index >= 15 is 0 Å². The molecule has 0 fully saturated rings. The third-order valence-electron chi connectivity index (χ3n) is 2.69. The second-order valence-electron chi connectivity index (χ2n) is 5.65. The van der Waals surface area contributed by atoms with Crippen molar-refractivity contribution in [3.63, 3.8) is 0 Å². The van der Waals surface area contributed by atoms with E-state index in [0.29, 0.717) is 24.7 Å². The molecule has 0 amide bonds. The van der Waals surface area contributed by atoms with Crippen LogP contribution in [0.3, 0.4) is 0 Å². The van der Waals surface area contributed by atoms with E-state index < -0.39 is 0 Å². The molecule has 124 valence electrons. The Kier molecular flexibility index (Phi) is 11.0. The molecule has 0 aliphatic rings. The molecule has 0 spiro atoms. The highest BCUT2D eigenvalue weighted by atomic mass is 19.1. The first-order chi connectivity index (χ1) is 10.4. The van der Waals surface area contributed by atoms with Gasteiger partial charge in [-0.3, -0.25) is 4.79 Å². The van der Waals surface area contributed by atoms with E-state index in [9.17, 15) is 9.18 Å². The number of rotatable bonds is 10. The van der Waals surface area contributed by atoms with Gasteiger partial charge in [0.05, 0.1) is 6.33 Å². The molecule has 0 bridgehead atoms. The van der Waals surface area contributed by atoms with Gasteiger partial charge in [0.1, 0.15) is 11.9 Å². The zero-order chi connectivity index (χ0) is 17.0. The number of carbonyl (C=O) groups is 1. The van der Waals surface area contributed by atoms with Crippen LogP contribution in [-0.4, -0.2) is 24.5 Å². The standard InChI is InChI=1S/C18H28FNO2/c1-14(2)18(21)11-7-6-9-17(10-8-12-19)22-16(5)13-20-15(3)4/h6-12,14-16,20H,13H2,1-5H3/b9-6+,11-7+,12-8+,17-10+/t16-/m0/s1. The van der Waals surface area contributed by atoms with E-state index in [1.807, 2.05) is 20.8 Å². The predicted octanol–water partition coefficient (Wildman–Crippen LogP) is 4.09. The zero-order valence-corrected chi connectivity index (χ0v) is 14.2. The summed E-state index contributed by atoms with van der Waals surface area (Å²) in [6.07, 6.45) is 9.81. The maximum Gasteiger partial charge on any atom is 0.158 e. The van der Waals surface area contributed by atoms with Gasteiger partial charge >= 0.3 is 0 Å². The van der Waals surface area contributed by atoms with Crippen LogP contribution in [-0.2, 0) is 9.53 Å². The number of hydrogen-bond donors (Lipinski definition) is 1. The molecule has 22 heavy (non-hydrogen) atoms. The summed E-state index contributed by atoms with van der Waals surface area (Å²) in [6.45, 7) is 10.5. The third kappa shape index (κ3) is 11.0. The summed E-state index contributed by atoms with van der Waals surface area (Å²) in [5, 5.41) is 3.27. The monoisotopic (exact) mass is 309 g/mol. The maximum absolute atomic E-state index is 12.2. The SMILES string of the molecule is CC(C)NC[C@H](C)OC(/C=C/C=C/C(=O)C(C)C)=C/C=C/F. The lowest BCUT2D eigenvalue weighted by Crippen LogP contribution is -2.31. The lowest BCUT2D eigenvalue weighted by atomic mass is 10.1. The van der Waals surface area contributed by atoms with Crippen molar-refractivity contribution in [1.29, 1.82) is 0 Å². The molecule has 0 aliphatic carbocycles. The van der Waals surface area contributed by atoms with Crippen LogP contribution in [0.25, 0.3) is 0 Å². The van der Waals surface area contributed by atoms with Gasteiger partial charge in [-0.2, -0.15) is 0 Å². The van der Waals surface area contributed by atoms with Gasteiger partial charge in [-0.1, -0.05) is 39.8 Å². The molecule has 1 atom stereocenters. The minimum Gasteiger partial charge on any atom is -0.489 e. The van der Waals surface area contributed by atoms with Gasteiger partial charge in [0.25, 0.3) is 0 Å². The van der Waals surface area contributed by atoms with Gasteiger partial charge in [-0.25, -0.2) is 4.39 Å². The Morgan fingerprint density at radius 3 is 2.27 bits per heavy atom. The summed E-state index contributed by atoms with van der Waals surface area (Å²) in [5.74, 6) is 0.579. The van der Waals surface area contributed by atoms with Crippen LogP contribution in [0, 0.1) is 5.92 Å². The number of hydrogen-bond acceptors (Lipinski definition) is 3. The lowest BCUT2D eigenvalue weighted by Gasteiger charge is -2.17. The average molecular weight is 309 g/mol. The van der Waals surface area contributed by atoms with Crippen molar-refractivity contribution in [1.82, 2.24) is 5.32 Å². The number of halogens is 1. The Hall–Kier alpha value is -1.68. The molecule has 0 unspecified atom stereocenters. The Labute approximate surface area is 133 Å². The molecule has 0 saturated heterocycles. The first-order valence-corrected chi connectivity index (χ1v) is 7.62. The lowest BCUT2D eigenvalue weighted by molar-refractivity contribution is -0.117. The van der Waals surface area contributed by atoms with Gasteiger partial charge in [0.2, 0.25) is 0 Å². The van der Waals surface area contributed by atoms with Crippen LogP contribution in [0.2, 0.25) is 0 Å². The van der Waals surface area contributed by atoms with Crippen molar-refractivity contribution in [3.05, 3.63) is 48.5 Å². The quantitative estimate of drug-likeness (QED) is 0.375. The van der Waals surface area contributed by atoms with E-state index in [-0.39, 0.29) is 17.8 Å². The van der Waals surface area contributed by atoms with Crippen molar-refractivity contribution < 1.29 is 13.9 Å². The highest BCUT2D eigenvalue weighted by molar-refractivity contribution is 5.91. The molecule has 0 saturated carbocycles. The van der Waals surface area contributed by atoms with Gasteiger partial charge in [-0.15, -0.1) is 0 Å². The van der Waals surface area contributed by atoms with Crippen molar-refractivity contribution in [2.24, 2.45) is 5.92 Å². The molecule has 0 aromatic heterocycles. The van der Waals surface area contributed by atoms with Crippen LogP contribution in [0.1, 0.15) is 34.6 Å². The normalized spacial score (nSPS) is 14.8. The molecule has 0 aromatic carbocycles. The number of nitrogens with one attached hydrogen (secondary N) is 1. The number of ether oxygens (including phenoxy) is 1. The topological polar surface area (TPSA) is 38.3 Å². The summed E-state index contributed by atoms with van der Waals surface area (Å²) in [6, 6.07) is 0.379. The summed E-state index contributed by atoms with van der Waals surface area (Å²) >= 11 is 0. The fraction of sp³-hybridized carbons (Fsp3) is 0.500. The number of ketones is 1. The van der Waals surface area contributed by atoms with Crippen molar-refractivity contribution in [2.45, 2.75) is 46.8 Å². The minimum absolute atomic E-state index is 0.0208. The van der Waals surface area contributed by atoms with Gasteiger partial charge < -0.3 is 10.1 Å². The highest BCUT2D eigenvalue weighted by Crippen LogP contribution is 2.06.